The first kappa shape index (κ1) is 11.7. The number of hydrogen-bond acceptors (Lipinski definition) is 2. The van der Waals surface area contributed by atoms with E-state index in [0.717, 1.165) is 24.2 Å². The molecule has 1 rings (SSSR count). The van der Waals surface area contributed by atoms with E-state index in [0.29, 0.717) is 6.54 Å². The Morgan fingerprint density at radius 2 is 1.87 bits per heavy atom. The minimum atomic E-state index is 0.0704. The van der Waals surface area contributed by atoms with E-state index in [-0.39, 0.29) is 5.91 Å². The van der Waals surface area contributed by atoms with Crippen LogP contribution in [-0.4, -0.2) is 23.9 Å². The number of carbonyl (C=O) groups excluding carboxylic acids is 1. The van der Waals surface area contributed by atoms with Gasteiger partial charge in [-0.15, -0.1) is 0 Å². The van der Waals surface area contributed by atoms with Gasteiger partial charge in [0, 0.05) is 25.2 Å². The van der Waals surface area contributed by atoms with Crippen molar-refractivity contribution in [3.8, 4) is 0 Å². The van der Waals surface area contributed by atoms with E-state index >= 15 is 0 Å². The Morgan fingerprint density at radius 1 is 1.27 bits per heavy atom. The largest absolute Gasteiger partial charge is 0.339 e. The number of hydrogen-bond donors (Lipinski definition) is 1. The molecule has 0 spiro atoms. The molecule has 15 heavy (non-hydrogen) atoms. The van der Waals surface area contributed by atoms with Gasteiger partial charge in [-0.2, -0.15) is 0 Å². The van der Waals surface area contributed by atoms with Crippen LogP contribution in [0.1, 0.15) is 29.8 Å². The van der Waals surface area contributed by atoms with E-state index in [2.05, 4.69) is 0 Å². The molecule has 1 amide bonds. The fourth-order valence-electron chi connectivity index (χ4n) is 1.59. The Labute approximate surface area is 90.9 Å². The Bertz CT molecular complexity index is 332. The van der Waals surface area contributed by atoms with Crippen molar-refractivity contribution in [3.05, 3.63) is 35.4 Å². The number of nitrogens with zero attached hydrogens (tertiary/aromatic N) is 1. The highest BCUT2D eigenvalue weighted by molar-refractivity contribution is 5.95. The average molecular weight is 206 g/mol. The molecule has 2 N–H and O–H groups in total. The molecule has 3 heteroatoms. The fourth-order valence-corrected chi connectivity index (χ4v) is 1.59. The van der Waals surface area contributed by atoms with Crippen molar-refractivity contribution in [2.45, 2.75) is 20.4 Å². The van der Waals surface area contributed by atoms with Crippen LogP contribution in [0.15, 0.2) is 24.3 Å². The first-order valence-corrected chi connectivity index (χ1v) is 5.31. The maximum absolute atomic E-state index is 12.1. The molecule has 0 aliphatic carbocycles. The van der Waals surface area contributed by atoms with E-state index in [9.17, 15) is 4.79 Å². The maximum Gasteiger partial charge on any atom is 0.254 e. The van der Waals surface area contributed by atoms with Crippen LogP contribution >= 0.6 is 0 Å². The van der Waals surface area contributed by atoms with Gasteiger partial charge in [-0.1, -0.05) is 18.2 Å². The van der Waals surface area contributed by atoms with Gasteiger partial charge in [0.15, 0.2) is 0 Å². The number of amides is 1. The summed E-state index contributed by atoms with van der Waals surface area (Å²) in [6, 6.07) is 7.51. The van der Waals surface area contributed by atoms with E-state index in [4.69, 9.17) is 5.73 Å². The summed E-state index contributed by atoms with van der Waals surface area (Å²) in [7, 11) is 0. The van der Waals surface area contributed by atoms with Crippen molar-refractivity contribution in [1.29, 1.82) is 0 Å². The van der Waals surface area contributed by atoms with Gasteiger partial charge >= 0.3 is 0 Å². The lowest BCUT2D eigenvalue weighted by Gasteiger charge is -2.20. The SMILES string of the molecule is CCN(CC)C(=O)c1ccccc1CN. The minimum absolute atomic E-state index is 0.0704. The number of nitrogens with two attached hydrogens (primary N) is 1. The van der Waals surface area contributed by atoms with Crippen LogP contribution < -0.4 is 5.73 Å². The van der Waals surface area contributed by atoms with Gasteiger partial charge in [0.1, 0.15) is 0 Å². The molecule has 0 heterocycles. The zero-order valence-corrected chi connectivity index (χ0v) is 9.36. The number of rotatable bonds is 4. The zero-order chi connectivity index (χ0) is 11.3. The van der Waals surface area contributed by atoms with E-state index < -0.39 is 0 Å². The number of benzene rings is 1. The zero-order valence-electron chi connectivity index (χ0n) is 9.36. The van der Waals surface area contributed by atoms with E-state index in [1.165, 1.54) is 0 Å². The van der Waals surface area contributed by atoms with Gasteiger partial charge in [0.2, 0.25) is 0 Å². The van der Waals surface area contributed by atoms with Gasteiger partial charge in [0.05, 0.1) is 0 Å². The van der Waals surface area contributed by atoms with Crippen molar-refractivity contribution in [1.82, 2.24) is 4.90 Å². The second-order valence-electron chi connectivity index (χ2n) is 3.34. The Morgan fingerprint density at radius 3 is 2.40 bits per heavy atom. The van der Waals surface area contributed by atoms with Crippen molar-refractivity contribution in [2.24, 2.45) is 5.73 Å². The summed E-state index contributed by atoms with van der Waals surface area (Å²) in [5.41, 5.74) is 7.24. The van der Waals surface area contributed by atoms with Crippen LogP contribution in [-0.2, 0) is 6.54 Å². The predicted molar refractivity (Wildman–Crippen MR) is 61.6 cm³/mol. The second kappa shape index (κ2) is 5.51. The predicted octanol–water partition coefficient (Wildman–Crippen LogP) is 1.63. The van der Waals surface area contributed by atoms with Crippen LogP contribution in [0.4, 0.5) is 0 Å². The summed E-state index contributed by atoms with van der Waals surface area (Å²) in [6.45, 7) is 5.82. The quantitative estimate of drug-likeness (QED) is 0.813. The molecular weight excluding hydrogens is 188 g/mol. The molecule has 1 aromatic carbocycles. The monoisotopic (exact) mass is 206 g/mol. The molecule has 3 nitrogen and oxygen atoms in total. The highest BCUT2D eigenvalue weighted by Crippen LogP contribution is 2.11. The van der Waals surface area contributed by atoms with Gasteiger partial charge in [0.25, 0.3) is 5.91 Å². The first-order chi connectivity index (χ1) is 7.24. The maximum atomic E-state index is 12.1. The summed E-state index contributed by atoms with van der Waals surface area (Å²) in [5, 5.41) is 0. The van der Waals surface area contributed by atoms with E-state index in [1.54, 1.807) is 4.90 Å². The lowest BCUT2D eigenvalue weighted by molar-refractivity contribution is 0.0772. The Balaban J connectivity index is 2.99. The second-order valence-corrected chi connectivity index (χ2v) is 3.34. The standard InChI is InChI=1S/C12H18N2O/c1-3-14(4-2)12(15)11-8-6-5-7-10(11)9-13/h5-8H,3-4,9,13H2,1-2H3. The molecule has 0 atom stereocenters. The minimum Gasteiger partial charge on any atom is -0.339 e. The number of carbonyl (C=O) groups is 1. The molecule has 1 aromatic rings. The highest BCUT2D eigenvalue weighted by atomic mass is 16.2. The van der Waals surface area contributed by atoms with Crippen LogP contribution in [0.2, 0.25) is 0 Å². The van der Waals surface area contributed by atoms with Gasteiger partial charge in [-0.05, 0) is 25.5 Å². The van der Waals surface area contributed by atoms with Crippen LogP contribution in [0, 0.1) is 0 Å². The van der Waals surface area contributed by atoms with Crippen LogP contribution in [0.25, 0.3) is 0 Å². The Hall–Kier alpha value is -1.35. The fraction of sp³-hybridized carbons (Fsp3) is 0.417. The molecule has 0 unspecified atom stereocenters. The molecule has 0 aromatic heterocycles. The van der Waals surface area contributed by atoms with Crippen LogP contribution in [0.5, 0.6) is 0 Å². The molecular formula is C12H18N2O. The molecule has 0 bridgehead atoms. The lowest BCUT2D eigenvalue weighted by Crippen LogP contribution is -2.31. The van der Waals surface area contributed by atoms with Gasteiger partial charge < -0.3 is 10.6 Å². The molecule has 0 saturated heterocycles. The normalized spacial score (nSPS) is 10.1. The smallest absolute Gasteiger partial charge is 0.254 e. The molecule has 82 valence electrons. The summed E-state index contributed by atoms with van der Waals surface area (Å²) in [6.07, 6.45) is 0. The molecule has 0 fully saturated rings. The highest BCUT2D eigenvalue weighted by Gasteiger charge is 2.14. The van der Waals surface area contributed by atoms with E-state index in [1.807, 2.05) is 38.1 Å². The first-order valence-electron chi connectivity index (χ1n) is 5.31. The molecule has 0 aliphatic heterocycles. The summed E-state index contributed by atoms with van der Waals surface area (Å²) in [4.78, 5) is 13.9. The molecule has 0 aliphatic rings. The van der Waals surface area contributed by atoms with Crippen molar-refractivity contribution in [2.75, 3.05) is 13.1 Å². The van der Waals surface area contributed by atoms with Gasteiger partial charge in [-0.3, -0.25) is 4.79 Å². The topological polar surface area (TPSA) is 46.3 Å². The van der Waals surface area contributed by atoms with Crippen molar-refractivity contribution >= 4 is 5.91 Å². The summed E-state index contributed by atoms with van der Waals surface area (Å²) < 4.78 is 0. The Kier molecular flexibility index (Phi) is 4.31. The molecule has 0 saturated carbocycles. The van der Waals surface area contributed by atoms with Crippen LogP contribution in [0.3, 0.4) is 0 Å². The van der Waals surface area contributed by atoms with Crippen molar-refractivity contribution < 1.29 is 4.79 Å². The third-order valence-electron chi connectivity index (χ3n) is 2.52. The molecule has 0 radical (unpaired) electrons. The average Bonchev–Trinajstić information content (AvgIpc) is 2.30. The summed E-state index contributed by atoms with van der Waals surface area (Å²) in [5.74, 6) is 0.0704. The summed E-state index contributed by atoms with van der Waals surface area (Å²) >= 11 is 0. The third-order valence-corrected chi connectivity index (χ3v) is 2.52. The van der Waals surface area contributed by atoms with Crippen molar-refractivity contribution in [3.63, 3.8) is 0 Å². The third kappa shape index (κ3) is 2.57. The lowest BCUT2D eigenvalue weighted by atomic mass is 10.1. The van der Waals surface area contributed by atoms with Gasteiger partial charge in [-0.25, -0.2) is 0 Å².